The van der Waals surface area contributed by atoms with Crippen LogP contribution in [-0.4, -0.2) is 13.6 Å². The van der Waals surface area contributed by atoms with E-state index in [2.05, 4.69) is 5.16 Å². The van der Waals surface area contributed by atoms with Gasteiger partial charge in [0, 0.05) is 11.1 Å². The molecule has 21 heavy (non-hydrogen) atoms. The molecule has 1 heterocycles. The van der Waals surface area contributed by atoms with Crippen molar-refractivity contribution in [3.05, 3.63) is 60.9 Å². The Morgan fingerprint density at radius 2 is 1.57 bits per heavy atom. The van der Waals surface area contributed by atoms with Gasteiger partial charge in [0.15, 0.2) is 0 Å². The van der Waals surface area contributed by atoms with Crippen LogP contribution in [0.3, 0.4) is 0 Å². The van der Waals surface area contributed by atoms with Gasteiger partial charge in [-0.2, -0.15) is 0 Å². The average Bonchev–Trinajstić information content (AvgIpc) is 2.97. The molecule has 0 saturated carbocycles. The summed E-state index contributed by atoms with van der Waals surface area (Å²) in [6, 6.07) is 15.9. The summed E-state index contributed by atoms with van der Waals surface area (Å²) in [6.07, 6.45) is 1.54. The average molecular weight is 300 g/mol. The van der Waals surface area contributed by atoms with Gasteiger partial charge in [0.25, 0.3) is 0 Å². The van der Waals surface area contributed by atoms with Crippen molar-refractivity contribution in [2.24, 2.45) is 5.14 Å². The number of nitrogens with zero attached hydrogens (tertiary/aromatic N) is 1. The van der Waals surface area contributed by atoms with Crippen LogP contribution in [-0.2, 0) is 10.0 Å². The molecule has 6 heteroatoms. The molecule has 3 aromatic rings. The molecule has 0 aliphatic rings. The summed E-state index contributed by atoms with van der Waals surface area (Å²) in [6.45, 7) is 0. The van der Waals surface area contributed by atoms with E-state index in [-0.39, 0.29) is 4.90 Å². The molecule has 0 bridgehead atoms. The normalized spacial score (nSPS) is 11.5. The maximum atomic E-state index is 11.3. The minimum absolute atomic E-state index is 0.0731. The van der Waals surface area contributed by atoms with E-state index in [1.807, 2.05) is 30.3 Å². The third-order valence-corrected chi connectivity index (χ3v) is 4.04. The lowest BCUT2D eigenvalue weighted by atomic mass is 10.0. The van der Waals surface area contributed by atoms with Crippen molar-refractivity contribution in [3.8, 4) is 22.4 Å². The van der Waals surface area contributed by atoms with Crippen molar-refractivity contribution in [2.75, 3.05) is 0 Å². The van der Waals surface area contributed by atoms with E-state index in [4.69, 9.17) is 9.66 Å². The van der Waals surface area contributed by atoms with Crippen molar-refractivity contribution in [1.82, 2.24) is 5.16 Å². The van der Waals surface area contributed by atoms with E-state index in [0.717, 1.165) is 16.7 Å². The van der Waals surface area contributed by atoms with E-state index in [9.17, 15) is 8.42 Å². The van der Waals surface area contributed by atoms with Crippen molar-refractivity contribution in [3.63, 3.8) is 0 Å². The Hall–Kier alpha value is -2.44. The van der Waals surface area contributed by atoms with Gasteiger partial charge in [0.2, 0.25) is 10.0 Å². The fourth-order valence-corrected chi connectivity index (χ4v) is 2.59. The molecule has 2 N–H and O–H groups in total. The van der Waals surface area contributed by atoms with E-state index in [1.54, 1.807) is 12.1 Å². The number of rotatable bonds is 3. The summed E-state index contributed by atoms with van der Waals surface area (Å²) in [4.78, 5) is 0.0731. The number of hydrogen-bond donors (Lipinski definition) is 1. The van der Waals surface area contributed by atoms with E-state index in [1.165, 1.54) is 18.4 Å². The highest BCUT2D eigenvalue weighted by molar-refractivity contribution is 7.89. The summed E-state index contributed by atoms with van der Waals surface area (Å²) in [5.41, 5.74) is 3.24. The van der Waals surface area contributed by atoms with Gasteiger partial charge < -0.3 is 4.52 Å². The molecule has 0 aliphatic carbocycles. The number of primary sulfonamides is 1. The van der Waals surface area contributed by atoms with Gasteiger partial charge in [-0.25, -0.2) is 13.6 Å². The standard InChI is InChI=1S/C15H12N2O3S/c16-21(18,19)13-8-6-11(7-9-13)14-10-20-17-15(14)12-4-2-1-3-5-12/h1-10H,(H2,16,18,19). The monoisotopic (exact) mass is 300 g/mol. The Kier molecular flexibility index (Phi) is 3.32. The smallest absolute Gasteiger partial charge is 0.238 e. The summed E-state index contributed by atoms with van der Waals surface area (Å²) >= 11 is 0. The Morgan fingerprint density at radius 3 is 2.19 bits per heavy atom. The van der Waals surface area contributed by atoms with Gasteiger partial charge in [0.1, 0.15) is 12.0 Å². The largest absolute Gasteiger partial charge is 0.363 e. The van der Waals surface area contributed by atoms with E-state index < -0.39 is 10.0 Å². The molecule has 0 fully saturated rings. The summed E-state index contributed by atoms with van der Waals surface area (Å²) in [5, 5.41) is 9.10. The molecule has 1 aromatic heterocycles. The van der Waals surface area contributed by atoms with Crippen LogP contribution in [0.25, 0.3) is 22.4 Å². The second kappa shape index (κ2) is 5.16. The lowest BCUT2D eigenvalue weighted by Gasteiger charge is -2.03. The highest BCUT2D eigenvalue weighted by Crippen LogP contribution is 2.31. The minimum atomic E-state index is -3.69. The number of benzene rings is 2. The van der Waals surface area contributed by atoms with Gasteiger partial charge in [0.05, 0.1) is 4.90 Å². The summed E-state index contributed by atoms with van der Waals surface area (Å²) < 4.78 is 27.6. The van der Waals surface area contributed by atoms with Crippen molar-refractivity contribution < 1.29 is 12.9 Å². The topological polar surface area (TPSA) is 86.2 Å². The zero-order valence-corrected chi connectivity index (χ0v) is 11.7. The van der Waals surface area contributed by atoms with Crippen LogP contribution in [0, 0.1) is 0 Å². The lowest BCUT2D eigenvalue weighted by molar-refractivity contribution is 0.422. The number of aromatic nitrogens is 1. The molecule has 0 radical (unpaired) electrons. The van der Waals surface area contributed by atoms with E-state index >= 15 is 0 Å². The molecular weight excluding hydrogens is 288 g/mol. The van der Waals surface area contributed by atoms with Crippen LogP contribution in [0.2, 0.25) is 0 Å². The fraction of sp³-hybridized carbons (Fsp3) is 0. The Morgan fingerprint density at radius 1 is 0.905 bits per heavy atom. The number of hydrogen-bond acceptors (Lipinski definition) is 4. The van der Waals surface area contributed by atoms with Crippen LogP contribution >= 0.6 is 0 Å². The zero-order valence-electron chi connectivity index (χ0n) is 10.9. The van der Waals surface area contributed by atoms with Gasteiger partial charge in [-0.1, -0.05) is 47.6 Å². The molecular formula is C15H12N2O3S. The van der Waals surface area contributed by atoms with Crippen LogP contribution in [0.4, 0.5) is 0 Å². The number of sulfonamides is 1. The molecule has 0 aliphatic heterocycles. The van der Waals surface area contributed by atoms with Crippen LogP contribution < -0.4 is 5.14 Å². The third kappa shape index (κ3) is 2.72. The summed E-state index contributed by atoms with van der Waals surface area (Å²) in [7, 11) is -3.69. The van der Waals surface area contributed by atoms with E-state index in [0.29, 0.717) is 5.69 Å². The Labute approximate surface area is 122 Å². The zero-order chi connectivity index (χ0) is 14.9. The SMILES string of the molecule is NS(=O)(=O)c1ccc(-c2conc2-c2ccccc2)cc1. The van der Waals surface area contributed by atoms with Crippen LogP contribution in [0.1, 0.15) is 0 Å². The number of nitrogens with two attached hydrogens (primary N) is 1. The predicted molar refractivity (Wildman–Crippen MR) is 78.7 cm³/mol. The second-order valence-corrected chi connectivity index (χ2v) is 6.07. The molecule has 5 nitrogen and oxygen atoms in total. The fourth-order valence-electron chi connectivity index (χ4n) is 2.07. The first kappa shape index (κ1) is 13.5. The molecule has 0 spiro atoms. The quantitative estimate of drug-likeness (QED) is 0.805. The molecule has 2 aromatic carbocycles. The van der Waals surface area contributed by atoms with Gasteiger partial charge in [-0.3, -0.25) is 0 Å². The maximum Gasteiger partial charge on any atom is 0.238 e. The second-order valence-electron chi connectivity index (χ2n) is 4.51. The molecule has 0 saturated heterocycles. The first-order valence-corrected chi connectivity index (χ1v) is 7.73. The lowest BCUT2D eigenvalue weighted by Crippen LogP contribution is -2.11. The van der Waals surface area contributed by atoms with Crippen molar-refractivity contribution >= 4 is 10.0 Å². The van der Waals surface area contributed by atoms with Crippen LogP contribution in [0.15, 0.2) is 70.3 Å². The molecule has 0 amide bonds. The predicted octanol–water partition coefficient (Wildman–Crippen LogP) is 2.66. The summed E-state index contributed by atoms with van der Waals surface area (Å²) in [5.74, 6) is 0. The third-order valence-electron chi connectivity index (χ3n) is 3.11. The molecule has 0 atom stereocenters. The maximum absolute atomic E-state index is 11.3. The molecule has 3 rings (SSSR count). The van der Waals surface area contributed by atoms with Crippen molar-refractivity contribution in [1.29, 1.82) is 0 Å². The highest BCUT2D eigenvalue weighted by atomic mass is 32.2. The molecule has 0 unspecified atom stereocenters. The highest BCUT2D eigenvalue weighted by Gasteiger charge is 2.13. The van der Waals surface area contributed by atoms with Crippen molar-refractivity contribution in [2.45, 2.75) is 4.90 Å². The Bertz CT molecular complexity index is 853. The van der Waals surface area contributed by atoms with Gasteiger partial charge in [-0.05, 0) is 17.7 Å². The molecule has 106 valence electrons. The van der Waals surface area contributed by atoms with Crippen LogP contribution in [0.5, 0.6) is 0 Å². The first-order valence-electron chi connectivity index (χ1n) is 6.19. The Balaban J connectivity index is 2.05. The van der Waals surface area contributed by atoms with Gasteiger partial charge >= 0.3 is 0 Å². The van der Waals surface area contributed by atoms with Gasteiger partial charge in [-0.15, -0.1) is 0 Å². The first-order chi connectivity index (χ1) is 10.1. The minimum Gasteiger partial charge on any atom is -0.363 e.